The maximum absolute atomic E-state index is 12.6. The summed E-state index contributed by atoms with van der Waals surface area (Å²) in [5, 5.41) is 4.17. The molecule has 1 aliphatic rings. The van der Waals surface area contributed by atoms with Gasteiger partial charge in [0.2, 0.25) is 0 Å². The summed E-state index contributed by atoms with van der Waals surface area (Å²) < 4.78 is 0. The second-order valence-corrected chi connectivity index (χ2v) is 7.16. The first-order chi connectivity index (χ1) is 14.3. The van der Waals surface area contributed by atoms with Crippen LogP contribution in [0.25, 0.3) is 10.9 Å². The molecule has 2 aromatic carbocycles. The zero-order chi connectivity index (χ0) is 19.6. The van der Waals surface area contributed by atoms with Gasteiger partial charge in [-0.05, 0) is 36.1 Å². The third-order valence-electron chi connectivity index (χ3n) is 5.40. The lowest BCUT2D eigenvalue weighted by atomic mass is 10.1. The highest BCUT2D eigenvalue weighted by molar-refractivity contribution is 5.93. The number of nitrogens with one attached hydrogen (secondary N) is 2. The first-order valence-corrected chi connectivity index (χ1v) is 9.80. The number of carbonyl (C=O) groups excluding carboxylic acids is 1. The first kappa shape index (κ1) is 17.4. The van der Waals surface area contributed by atoms with Gasteiger partial charge in [0.05, 0.1) is 0 Å². The summed E-state index contributed by atoms with van der Waals surface area (Å²) in [5.74, 6) is 0.577. The van der Waals surface area contributed by atoms with Gasteiger partial charge in [-0.2, -0.15) is 0 Å². The molecule has 0 radical (unpaired) electrons. The number of rotatable bonds is 5. The smallest absolute Gasteiger partial charge is 0.270 e. The minimum atomic E-state index is -0.180. The number of fused-ring (bicyclic) bond motifs is 2. The lowest BCUT2D eigenvalue weighted by molar-refractivity contribution is 0.0949. The average molecular weight is 383 g/mol. The summed E-state index contributed by atoms with van der Waals surface area (Å²) in [6.45, 7) is 1.41. The molecular formula is C23H21N5O. The second kappa shape index (κ2) is 7.39. The van der Waals surface area contributed by atoms with E-state index >= 15 is 0 Å². The molecule has 5 rings (SSSR count). The Morgan fingerprint density at radius 1 is 1.10 bits per heavy atom. The predicted octanol–water partition coefficient (Wildman–Crippen LogP) is 3.62. The number of aromatic amines is 1. The van der Waals surface area contributed by atoms with Gasteiger partial charge in [0, 0.05) is 41.9 Å². The number of nitrogens with zero attached hydrogens (tertiary/aromatic N) is 3. The maximum atomic E-state index is 12.6. The molecule has 2 aromatic heterocycles. The third-order valence-corrected chi connectivity index (χ3v) is 5.40. The molecule has 4 aromatic rings. The lowest BCUT2D eigenvalue weighted by Gasteiger charge is -2.18. The number of H-pyrrole nitrogens is 1. The Labute approximate surface area is 168 Å². The summed E-state index contributed by atoms with van der Waals surface area (Å²) in [6.07, 6.45) is 5.20. The van der Waals surface area contributed by atoms with E-state index in [0.29, 0.717) is 12.2 Å². The van der Waals surface area contributed by atoms with Crippen LogP contribution in [0.3, 0.4) is 0 Å². The molecule has 0 saturated carbocycles. The molecular weight excluding hydrogens is 362 g/mol. The van der Waals surface area contributed by atoms with Gasteiger partial charge >= 0.3 is 0 Å². The van der Waals surface area contributed by atoms with E-state index in [9.17, 15) is 4.79 Å². The SMILES string of the molecule is O=C(NCCc1c[nH]c2ccccc12)c1cc(N2CCc3ccccc32)ncn1. The number of para-hydroxylation sites is 2. The van der Waals surface area contributed by atoms with E-state index < -0.39 is 0 Å². The van der Waals surface area contributed by atoms with Crippen LogP contribution in [-0.4, -0.2) is 33.9 Å². The van der Waals surface area contributed by atoms with Crippen LogP contribution in [-0.2, 0) is 12.8 Å². The number of anilines is 2. The Balaban J connectivity index is 1.27. The topological polar surface area (TPSA) is 73.9 Å². The van der Waals surface area contributed by atoms with Crippen LogP contribution >= 0.6 is 0 Å². The van der Waals surface area contributed by atoms with Crippen LogP contribution in [0.1, 0.15) is 21.6 Å². The minimum absolute atomic E-state index is 0.180. The number of amides is 1. The molecule has 1 amide bonds. The van der Waals surface area contributed by atoms with E-state index in [1.165, 1.54) is 22.8 Å². The third kappa shape index (κ3) is 3.33. The molecule has 29 heavy (non-hydrogen) atoms. The first-order valence-electron chi connectivity index (χ1n) is 9.80. The summed E-state index contributed by atoms with van der Waals surface area (Å²) in [6, 6.07) is 18.2. The zero-order valence-corrected chi connectivity index (χ0v) is 15.9. The van der Waals surface area contributed by atoms with Gasteiger partial charge in [-0.3, -0.25) is 4.79 Å². The van der Waals surface area contributed by atoms with E-state index in [4.69, 9.17) is 0 Å². The van der Waals surface area contributed by atoms with Gasteiger partial charge < -0.3 is 15.2 Å². The molecule has 2 N–H and O–H groups in total. The molecule has 1 aliphatic heterocycles. The molecule has 0 aliphatic carbocycles. The number of benzene rings is 2. The van der Waals surface area contributed by atoms with Gasteiger partial charge in [0.15, 0.2) is 0 Å². The molecule has 3 heterocycles. The standard InChI is InChI=1S/C23H21N5O/c29-23(24-11-9-17-14-25-19-7-3-2-6-18(17)19)20-13-22(27-15-26-20)28-12-10-16-5-1-4-8-21(16)28/h1-8,13-15,25H,9-12H2,(H,24,29). The minimum Gasteiger partial charge on any atom is -0.361 e. The number of aromatic nitrogens is 3. The number of hydrogen-bond acceptors (Lipinski definition) is 4. The van der Waals surface area contributed by atoms with Crippen molar-refractivity contribution in [1.29, 1.82) is 0 Å². The quantitative estimate of drug-likeness (QED) is 0.552. The normalized spacial score (nSPS) is 12.9. The molecule has 0 spiro atoms. The highest BCUT2D eigenvalue weighted by atomic mass is 16.1. The van der Waals surface area contributed by atoms with Gasteiger partial charge in [-0.25, -0.2) is 9.97 Å². The molecule has 0 bridgehead atoms. The maximum Gasteiger partial charge on any atom is 0.270 e. The fourth-order valence-corrected chi connectivity index (χ4v) is 3.93. The Kier molecular flexibility index (Phi) is 4.44. The molecule has 0 unspecified atom stereocenters. The van der Waals surface area contributed by atoms with Gasteiger partial charge in [-0.1, -0.05) is 36.4 Å². The molecule has 0 saturated heterocycles. The van der Waals surface area contributed by atoms with Crippen molar-refractivity contribution in [2.24, 2.45) is 0 Å². The van der Waals surface area contributed by atoms with Gasteiger partial charge in [-0.15, -0.1) is 0 Å². The van der Waals surface area contributed by atoms with Crippen molar-refractivity contribution < 1.29 is 4.79 Å². The van der Waals surface area contributed by atoms with Crippen molar-refractivity contribution in [3.8, 4) is 0 Å². The monoisotopic (exact) mass is 383 g/mol. The van der Waals surface area contributed by atoms with E-state index in [0.717, 1.165) is 36.4 Å². The molecule has 0 atom stereocenters. The predicted molar refractivity (Wildman–Crippen MR) is 114 cm³/mol. The summed E-state index contributed by atoms with van der Waals surface area (Å²) >= 11 is 0. The molecule has 6 nitrogen and oxygen atoms in total. The summed E-state index contributed by atoms with van der Waals surface area (Å²) in [4.78, 5) is 26.6. The van der Waals surface area contributed by atoms with Crippen LogP contribution in [0.2, 0.25) is 0 Å². The van der Waals surface area contributed by atoms with Crippen molar-refractivity contribution in [3.05, 3.63) is 83.9 Å². The van der Waals surface area contributed by atoms with Crippen molar-refractivity contribution in [3.63, 3.8) is 0 Å². The second-order valence-electron chi connectivity index (χ2n) is 7.16. The van der Waals surface area contributed by atoms with Gasteiger partial charge in [0.1, 0.15) is 17.8 Å². The Bertz CT molecular complexity index is 1180. The summed E-state index contributed by atoms with van der Waals surface area (Å²) in [5.41, 5.74) is 5.14. The van der Waals surface area contributed by atoms with Crippen molar-refractivity contribution in [2.45, 2.75) is 12.8 Å². The van der Waals surface area contributed by atoms with Crippen molar-refractivity contribution in [1.82, 2.24) is 20.3 Å². The largest absolute Gasteiger partial charge is 0.361 e. The van der Waals surface area contributed by atoms with Crippen LogP contribution in [0.5, 0.6) is 0 Å². The number of hydrogen-bond donors (Lipinski definition) is 2. The average Bonchev–Trinajstić information content (AvgIpc) is 3.38. The van der Waals surface area contributed by atoms with Crippen LogP contribution in [0.4, 0.5) is 11.5 Å². The highest BCUT2D eigenvalue weighted by Crippen LogP contribution is 2.33. The highest BCUT2D eigenvalue weighted by Gasteiger charge is 2.21. The fourth-order valence-electron chi connectivity index (χ4n) is 3.93. The van der Waals surface area contributed by atoms with Crippen LogP contribution in [0, 0.1) is 0 Å². The van der Waals surface area contributed by atoms with Crippen LogP contribution < -0.4 is 10.2 Å². The van der Waals surface area contributed by atoms with E-state index in [2.05, 4.69) is 55.5 Å². The zero-order valence-electron chi connectivity index (χ0n) is 15.9. The van der Waals surface area contributed by atoms with E-state index in [1.807, 2.05) is 24.4 Å². The molecule has 0 fully saturated rings. The Morgan fingerprint density at radius 2 is 1.97 bits per heavy atom. The van der Waals surface area contributed by atoms with E-state index in [1.54, 1.807) is 6.07 Å². The Hall–Kier alpha value is -3.67. The van der Waals surface area contributed by atoms with E-state index in [-0.39, 0.29) is 5.91 Å². The molecule has 6 heteroatoms. The fraction of sp³-hybridized carbons (Fsp3) is 0.174. The number of carbonyl (C=O) groups is 1. The van der Waals surface area contributed by atoms with Crippen molar-refractivity contribution >= 4 is 28.3 Å². The Morgan fingerprint density at radius 3 is 2.93 bits per heavy atom. The summed E-state index contributed by atoms with van der Waals surface area (Å²) in [7, 11) is 0. The van der Waals surface area contributed by atoms with Crippen LogP contribution in [0.15, 0.2) is 67.1 Å². The molecule has 144 valence electrons. The van der Waals surface area contributed by atoms with Gasteiger partial charge in [0.25, 0.3) is 5.91 Å². The van der Waals surface area contributed by atoms with Crippen molar-refractivity contribution in [2.75, 3.05) is 18.0 Å². The lowest BCUT2D eigenvalue weighted by Crippen LogP contribution is -2.27.